The lowest BCUT2D eigenvalue weighted by Gasteiger charge is -2.27. The summed E-state index contributed by atoms with van der Waals surface area (Å²) in [6.07, 6.45) is 3.33. The molecule has 0 fully saturated rings. The monoisotopic (exact) mass is 920 g/mol. The van der Waals surface area contributed by atoms with Gasteiger partial charge in [-0.3, -0.25) is 9.98 Å². The molecule has 0 unspecified atom stereocenters. The van der Waals surface area contributed by atoms with Crippen LogP contribution in [0.3, 0.4) is 0 Å². The minimum absolute atomic E-state index is 0.0931. The van der Waals surface area contributed by atoms with E-state index in [1.165, 1.54) is 0 Å². The van der Waals surface area contributed by atoms with Gasteiger partial charge < -0.3 is 20.0 Å². The predicted molar refractivity (Wildman–Crippen MR) is 284 cm³/mol. The second kappa shape index (κ2) is 20.2. The van der Waals surface area contributed by atoms with E-state index in [4.69, 9.17) is 33.2 Å². The Hall–Kier alpha value is -7.12. The molecule has 336 valence electrons. The van der Waals surface area contributed by atoms with Gasteiger partial charge in [0.05, 0.1) is 0 Å². The molecule has 0 aliphatic rings. The fraction of sp³-hybridized carbons (Fsp3) is 0.153. The summed E-state index contributed by atoms with van der Waals surface area (Å²) in [4.78, 5) is 13.9. The molecule has 6 nitrogen and oxygen atoms in total. The summed E-state index contributed by atoms with van der Waals surface area (Å²) < 4.78 is 0. The Balaban J connectivity index is 0.950. The number of rotatable bonds is 14. The van der Waals surface area contributed by atoms with Crippen molar-refractivity contribution in [2.24, 2.45) is 15.4 Å². The standard InChI is InChI=1S/C59H54Cl2N4O2/c1-39-27-49(64(45-19-11-7-12-20-45)46-21-13-8-14-22-46)28-40(2)57(39)51-33-55(66)43(31-53(51)60)35-62-37-59(5,6)38-63-36-44-32-54(61)52(34-56(44)67)58-41(3)29-50(30-42(58)4)65(47-23-15-9-16-24-47)48-25-17-10-18-26-48/h7-36,66-67H,37-38H2,1-6H3. The van der Waals surface area contributed by atoms with Crippen molar-refractivity contribution in [3.63, 3.8) is 0 Å². The van der Waals surface area contributed by atoms with Crippen molar-refractivity contribution in [2.45, 2.75) is 41.5 Å². The molecule has 0 saturated heterocycles. The zero-order chi connectivity index (χ0) is 47.2. The number of hydrogen-bond donors (Lipinski definition) is 2. The van der Waals surface area contributed by atoms with Crippen LogP contribution in [0.4, 0.5) is 34.1 Å². The van der Waals surface area contributed by atoms with E-state index in [0.29, 0.717) is 34.3 Å². The maximum absolute atomic E-state index is 11.3. The highest BCUT2D eigenvalue weighted by atomic mass is 35.5. The first-order chi connectivity index (χ1) is 32.3. The summed E-state index contributed by atoms with van der Waals surface area (Å²) in [5, 5.41) is 23.6. The van der Waals surface area contributed by atoms with Crippen LogP contribution in [-0.4, -0.2) is 35.7 Å². The maximum atomic E-state index is 11.3. The van der Waals surface area contributed by atoms with Crippen LogP contribution in [0.15, 0.2) is 180 Å². The SMILES string of the molecule is Cc1cc(N(c2ccccc2)c2ccccc2)cc(C)c1-c1cc(O)c(C=NCC(C)(C)CN=Cc2cc(Cl)c(-c3c(C)cc(N(c4ccccc4)c4ccccc4)cc3C)cc2O)cc1Cl. The summed E-state index contributed by atoms with van der Waals surface area (Å²) in [5.41, 5.74) is 14.6. The molecular weight excluding hydrogens is 868 g/mol. The molecule has 0 aliphatic carbocycles. The van der Waals surface area contributed by atoms with Crippen LogP contribution in [-0.2, 0) is 0 Å². The van der Waals surface area contributed by atoms with Crippen LogP contribution in [0.2, 0.25) is 10.0 Å². The number of halogens is 2. The first kappa shape index (κ1) is 46.4. The van der Waals surface area contributed by atoms with Gasteiger partial charge in [-0.1, -0.05) is 110 Å². The number of aromatic hydroxyl groups is 2. The Labute approximate surface area is 404 Å². The molecule has 0 bridgehead atoms. The predicted octanol–water partition coefficient (Wildman–Crippen LogP) is 16.5. The lowest BCUT2D eigenvalue weighted by Crippen LogP contribution is -2.19. The first-order valence-electron chi connectivity index (χ1n) is 22.4. The van der Waals surface area contributed by atoms with Gasteiger partial charge in [-0.05, 0) is 158 Å². The Bertz CT molecular complexity index is 2750. The Morgan fingerprint density at radius 2 is 0.716 bits per heavy atom. The highest BCUT2D eigenvalue weighted by molar-refractivity contribution is 6.34. The van der Waals surface area contributed by atoms with Crippen molar-refractivity contribution in [3.05, 3.63) is 213 Å². The van der Waals surface area contributed by atoms with Crippen LogP contribution < -0.4 is 9.80 Å². The van der Waals surface area contributed by atoms with Crippen molar-refractivity contribution >= 4 is 69.8 Å². The summed E-state index contributed by atoms with van der Waals surface area (Å²) in [6.45, 7) is 13.3. The van der Waals surface area contributed by atoms with E-state index in [-0.39, 0.29) is 16.9 Å². The van der Waals surface area contributed by atoms with Crippen molar-refractivity contribution in [1.29, 1.82) is 0 Å². The zero-order valence-electron chi connectivity index (χ0n) is 38.7. The van der Waals surface area contributed by atoms with Gasteiger partial charge in [0.1, 0.15) is 11.5 Å². The smallest absolute Gasteiger partial charge is 0.125 e. The van der Waals surface area contributed by atoms with E-state index in [1.807, 2.05) is 72.8 Å². The quantitative estimate of drug-likeness (QED) is 0.107. The van der Waals surface area contributed by atoms with Crippen LogP contribution in [0.25, 0.3) is 22.3 Å². The van der Waals surface area contributed by atoms with Crippen molar-refractivity contribution in [1.82, 2.24) is 0 Å². The number of nitrogens with zero attached hydrogens (tertiary/aromatic N) is 4. The van der Waals surface area contributed by atoms with Crippen molar-refractivity contribution < 1.29 is 10.2 Å². The average Bonchev–Trinajstić information content (AvgIpc) is 3.30. The van der Waals surface area contributed by atoms with Crippen LogP contribution >= 0.6 is 23.2 Å². The lowest BCUT2D eigenvalue weighted by atomic mass is 9.93. The molecular formula is C59H54Cl2N4O2. The molecule has 0 atom stereocenters. The number of anilines is 6. The normalized spacial score (nSPS) is 11.7. The zero-order valence-corrected chi connectivity index (χ0v) is 40.2. The van der Waals surface area contributed by atoms with Crippen LogP contribution in [0.1, 0.15) is 47.2 Å². The van der Waals surface area contributed by atoms with E-state index < -0.39 is 0 Å². The molecule has 0 radical (unpaired) electrons. The number of benzene rings is 8. The minimum Gasteiger partial charge on any atom is -0.507 e. The van der Waals surface area contributed by atoms with E-state index >= 15 is 0 Å². The van der Waals surface area contributed by atoms with Crippen LogP contribution in [0, 0.1) is 33.1 Å². The fourth-order valence-corrected chi connectivity index (χ4v) is 9.30. The van der Waals surface area contributed by atoms with Gasteiger partial charge in [-0.15, -0.1) is 0 Å². The minimum atomic E-state index is -0.335. The summed E-state index contributed by atoms with van der Waals surface area (Å²) in [5.74, 6) is 0.186. The fourth-order valence-electron chi connectivity index (χ4n) is 8.77. The van der Waals surface area contributed by atoms with E-state index in [2.05, 4.69) is 124 Å². The molecule has 0 spiro atoms. The van der Waals surface area contributed by atoms with Gasteiger partial charge in [0.15, 0.2) is 0 Å². The molecule has 2 N–H and O–H groups in total. The summed E-state index contributed by atoms with van der Waals surface area (Å²) in [7, 11) is 0. The first-order valence-corrected chi connectivity index (χ1v) is 23.1. The number of aryl methyl sites for hydroxylation is 4. The number of phenols is 2. The van der Waals surface area contributed by atoms with Crippen LogP contribution in [0.5, 0.6) is 11.5 Å². The van der Waals surface area contributed by atoms with Crippen molar-refractivity contribution in [2.75, 3.05) is 22.9 Å². The summed E-state index contributed by atoms with van der Waals surface area (Å²) >= 11 is 14.0. The molecule has 8 aromatic carbocycles. The third-order valence-electron chi connectivity index (χ3n) is 11.9. The average molecular weight is 922 g/mol. The van der Waals surface area contributed by atoms with Gasteiger partial charge in [-0.25, -0.2) is 0 Å². The maximum Gasteiger partial charge on any atom is 0.125 e. The van der Waals surface area contributed by atoms with Gasteiger partial charge >= 0.3 is 0 Å². The number of phenolic OH excluding ortho intramolecular Hbond substituents is 2. The van der Waals surface area contributed by atoms with E-state index in [1.54, 1.807) is 36.7 Å². The second-order valence-electron chi connectivity index (χ2n) is 17.8. The molecule has 67 heavy (non-hydrogen) atoms. The highest BCUT2D eigenvalue weighted by Gasteiger charge is 2.21. The third-order valence-corrected chi connectivity index (χ3v) is 12.5. The second-order valence-corrected chi connectivity index (χ2v) is 18.6. The number of aliphatic imine (C=N–C) groups is 2. The Kier molecular flexibility index (Phi) is 14.0. The molecule has 0 aliphatic heterocycles. The molecule has 0 aromatic heterocycles. The van der Waals surface area contributed by atoms with Gasteiger partial charge in [0, 0.05) is 97.4 Å². The lowest BCUT2D eigenvalue weighted by molar-refractivity contribution is 0.396. The van der Waals surface area contributed by atoms with E-state index in [0.717, 1.165) is 78.6 Å². The molecule has 8 rings (SSSR count). The highest BCUT2D eigenvalue weighted by Crippen LogP contribution is 2.44. The molecule has 0 amide bonds. The van der Waals surface area contributed by atoms with Crippen molar-refractivity contribution in [3.8, 4) is 33.8 Å². The Morgan fingerprint density at radius 1 is 0.433 bits per heavy atom. The number of para-hydroxylation sites is 4. The topological polar surface area (TPSA) is 71.7 Å². The summed E-state index contributed by atoms with van der Waals surface area (Å²) in [6, 6.07) is 56.9. The van der Waals surface area contributed by atoms with E-state index in [9.17, 15) is 10.2 Å². The Morgan fingerprint density at radius 3 is 1.00 bits per heavy atom. The third kappa shape index (κ3) is 10.5. The molecule has 8 heteroatoms. The molecule has 8 aromatic rings. The van der Waals surface area contributed by atoms with Gasteiger partial charge in [-0.2, -0.15) is 0 Å². The largest absolute Gasteiger partial charge is 0.507 e. The van der Waals surface area contributed by atoms with Gasteiger partial charge in [0.2, 0.25) is 0 Å². The number of hydrogen-bond acceptors (Lipinski definition) is 6. The molecule has 0 saturated carbocycles. The molecule has 0 heterocycles. The van der Waals surface area contributed by atoms with Gasteiger partial charge in [0.25, 0.3) is 0 Å².